The highest BCUT2D eigenvalue weighted by Crippen LogP contribution is 2.04. The quantitative estimate of drug-likeness (QED) is 0.671. The summed E-state index contributed by atoms with van der Waals surface area (Å²) in [7, 11) is 1.55. The summed E-state index contributed by atoms with van der Waals surface area (Å²) in [5, 5.41) is 0. The third-order valence-electron chi connectivity index (χ3n) is 1.45. The minimum atomic E-state index is -0.360. The molecule has 3 nitrogen and oxygen atoms in total. The van der Waals surface area contributed by atoms with Crippen molar-refractivity contribution in [2.75, 3.05) is 7.05 Å². The van der Waals surface area contributed by atoms with E-state index >= 15 is 0 Å². The van der Waals surface area contributed by atoms with E-state index in [0.29, 0.717) is 5.56 Å². The topological polar surface area (TPSA) is 38.3 Å². The van der Waals surface area contributed by atoms with E-state index in [1.54, 1.807) is 19.2 Å². The molecule has 0 bridgehead atoms. The van der Waals surface area contributed by atoms with E-state index in [4.69, 9.17) is 0 Å². The monoisotopic (exact) mass is 165 g/mol. The van der Waals surface area contributed by atoms with Crippen molar-refractivity contribution in [1.82, 2.24) is 5.48 Å². The number of nitrogens with one attached hydrogen (secondary N) is 1. The van der Waals surface area contributed by atoms with Crippen molar-refractivity contribution in [3.8, 4) is 0 Å². The molecule has 1 rings (SSSR count). The summed E-state index contributed by atoms with van der Waals surface area (Å²) in [6.45, 7) is 1.93. The van der Waals surface area contributed by atoms with Crippen LogP contribution in [0.2, 0.25) is 0 Å². The van der Waals surface area contributed by atoms with Crippen LogP contribution in [-0.2, 0) is 4.84 Å². The van der Waals surface area contributed by atoms with Gasteiger partial charge in [0.1, 0.15) is 0 Å². The highest BCUT2D eigenvalue weighted by molar-refractivity contribution is 5.89. The number of benzene rings is 1. The van der Waals surface area contributed by atoms with Crippen LogP contribution in [-0.4, -0.2) is 13.0 Å². The van der Waals surface area contributed by atoms with E-state index in [1.807, 2.05) is 19.1 Å². The molecule has 0 aliphatic heterocycles. The van der Waals surface area contributed by atoms with Crippen LogP contribution < -0.4 is 5.48 Å². The van der Waals surface area contributed by atoms with Crippen molar-refractivity contribution in [2.45, 2.75) is 6.92 Å². The van der Waals surface area contributed by atoms with Gasteiger partial charge in [0.2, 0.25) is 0 Å². The lowest BCUT2D eigenvalue weighted by atomic mass is 10.1. The van der Waals surface area contributed by atoms with Gasteiger partial charge in [-0.15, -0.1) is 0 Å². The SMILES string of the molecule is CNOC(=O)c1cccc(C)c1. The Morgan fingerprint density at radius 1 is 1.50 bits per heavy atom. The molecule has 0 saturated carbocycles. The van der Waals surface area contributed by atoms with Crippen LogP contribution in [0.5, 0.6) is 0 Å². The predicted octanol–water partition coefficient (Wildman–Crippen LogP) is 1.29. The van der Waals surface area contributed by atoms with E-state index in [0.717, 1.165) is 5.56 Å². The van der Waals surface area contributed by atoms with Crippen LogP contribution in [0.3, 0.4) is 0 Å². The average molecular weight is 165 g/mol. The second-order valence-corrected chi connectivity index (χ2v) is 2.46. The zero-order valence-corrected chi connectivity index (χ0v) is 7.13. The van der Waals surface area contributed by atoms with Gasteiger partial charge in [-0.3, -0.25) is 0 Å². The van der Waals surface area contributed by atoms with Crippen LogP contribution >= 0.6 is 0 Å². The summed E-state index contributed by atoms with van der Waals surface area (Å²) < 4.78 is 0. The smallest absolute Gasteiger partial charge is 0.356 e. The molecule has 12 heavy (non-hydrogen) atoms. The van der Waals surface area contributed by atoms with Crippen molar-refractivity contribution in [3.05, 3.63) is 35.4 Å². The summed E-state index contributed by atoms with van der Waals surface area (Å²) in [5.41, 5.74) is 3.94. The maximum atomic E-state index is 11.1. The van der Waals surface area contributed by atoms with Gasteiger partial charge in [-0.1, -0.05) is 17.7 Å². The summed E-state index contributed by atoms with van der Waals surface area (Å²) >= 11 is 0. The van der Waals surface area contributed by atoms with Crippen LogP contribution in [0.1, 0.15) is 15.9 Å². The Balaban J connectivity index is 2.81. The average Bonchev–Trinajstić information content (AvgIpc) is 2.05. The van der Waals surface area contributed by atoms with Gasteiger partial charge in [0.15, 0.2) is 0 Å². The summed E-state index contributed by atoms with van der Waals surface area (Å²) in [6.07, 6.45) is 0. The summed E-state index contributed by atoms with van der Waals surface area (Å²) in [5.74, 6) is -0.360. The van der Waals surface area contributed by atoms with Crippen LogP contribution in [0.15, 0.2) is 24.3 Å². The Bertz CT molecular complexity index is 284. The van der Waals surface area contributed by atoms with Gasteiger partial charge >= 0.3 is 5.97 Å². The molecule has 0 aliphatic carbocycles. The first-order valence-electron chi connectivity index (χ1n) is 3.68. The molecule has 0 saturated heterocycles. The molecule has 0 radical (unpaired) electrons. The van der Waals surface area contributed by atoms with Crippen LogP contribution in [0.4, 0.5) is 0 Å². The fraction of sp³-hybridized carbons (Fsp3) is 0.222. The van der Waals surface area contributed by atoms with Crippen molar-refractivity contribution < 1.29 is 9.63 Å². The number of rotatable bonds is 2. The van der Waals surface area contributed by atoms with Gasteiger partial charge in [0.05, 0.1) is 5.56 Å². The van der Waals surface area contributed by atoms with Crippen molar-refractivity contribution >= 4 is 5.97 Å². The number of carbonyl (C=O) groups is 1. The molecule has 1 aromatic rings. The van der Waals surface area contributed by atoms with Crippen molar-refractivity contribution in [1.29, 1.82) is 0 Å². The first kappa shape index (κ1) is 8.74. The second kappa shape index (κ2) is 3.88. The molecule has 0 aliphatic rings. The first-order chi connectivity index (χ1) is 5.74. The number of hydrogen-bond acceptors (Lipinski definition) is 3. The Labute approximate surface area is 71.3 Å². The largest absolute Gasteiger partial charge is 0.367 e. The lowest BCUT2D eigenvalue weighted by molar-refractivity contribution is 0.0310. The molecule has 1 aromatic carbocycles. The standard InChI is InChI=1S/C9H11NO2/c1-7-4-3-5-8(6-7)9(11)12-10-2/h3-6,10H,1-2H3. The Morgan fingerprint density at radius 3 is 2.83 bits per heavy atom. The van der Waals surface area contributed by atoms with Gasteiger partial charge in [0, 0.05) is 7.05 Å². The number of carbonyl (C=O) groups excluding carboxylic acids is 1. The molecule has 0 spiro atoms. The van der Waals surface area contributed by atoms with Gasteiger partial charge in [-0.2, -0.15) is 5.48 Å². The maximum Gasteiger partial charge on any atom is 0.356 e. The van der Waals surface area contributed by atoms with Crippen LogP contribution in [0.25, 0.3) is 0 Å². The number of hydroxylamine groups is 1. The number of hydrogen-bond donors (Lipinski definition) is 1. The highest BCUT2D eigenvalue weighted by Gasteiger charge is 2.04. The zero-order chi connectivity index (χ0) is 8.97. The molecule has 0 fully saturated rings. The number of aryl methyl sites for hydroxylation is 1. The van der Waals surface area contributed by atoms with Crippen molar-refractivity contribution in [2.24, 2.45) is 0 Å². The van der Waals surface area contributed by atoms with E-state index < -0.39 is 0 Å². The Kier molecular flexibility index (Phi) is 2.82. The van der Waals surface area contributed by atoms with E-state index in [-0.39, 0.29) is 5.97 Å². The molecule has 0 aromatic heterocycles. The molecule has 3 heteroatoms. The van der Waals surface area contributed by atoms with E-state index in [2.05, 4.69) is 10.3 Å². The minimum absolute atomic E-state index is 0.360. The molecule has 0 atom stereocenters. The van der Waals surface area contributed by atoms with Crippen LogP contribution in [0, 0.1) is 6.92 Å². The molecule has 64 valence electrons. The predicted molar refractivity (Wildman–Crippen MR) is 45.7 cm³/mol. The zero-order valence-electron chi connectivity index (χ0n) is 7.13. The van der Waals surface area contributed by atoms with Gasteiger partial charge in [-0.25, -0.2) is 4.79 Å². The van der Waals surface area contributed by atoms with Gasteiger partial charge < -0.3 is 4.84 Å². The highest BCUT2D eigenvalue weighted by atomic mass is 16.7. The van der Waals surface area contributed by atoms with E-state index in [9.17, 15) is 4.79 Å². The molecule has 0 unspecified atom stereocenters. The lowest BCUT2D eigenvalue weighted by Gasteiger charge is -2.01. The third kappa shape index (κ3) is 2.07. The normalized spacial score (nSPS) is 9.50. The fourth-order valence-electron chi connectivity index (χ4n) is 0.924. The molecular formula is C9H11NO2. The fourth-order valence-corrected chi connectivity index (χ4v) is 0.924. The van der Waals surface area contributed by atoms with Crippen molar-refractivity contribution in [3.63, 3.8) is 0 Å². The van der Waals surface area contributed by atoms with Gasteiger partial charge in [-0.05, 0) is 19.1 Å². The Morgan fingerprint density at radius 2 is 2.25 bits per heavy atom. The lowest BCUT2D eigenvalue weighted by Crippen LogP contribution is -2.15. The molecule has 1 N–H and O–H groups in total. The third-order valence-corrected chi connectivity index (χ3v) is 1.45. The Hall–Kier alpha value is -1.35. The molecular weight excluding hydrogens is 154 g/mol. The summed E-state index contributed by atoms with van der Waals surface area (Å²) in [4.78, 5) is 15.7. The molecule has 0 heterocycles. The minimum Gasteiger partial charge on any atom is -0.367 e. The maximum absolute atomic E-state index is 11.1. The first-order valence-corrected chi connectivity index (χ1v) is 3.68. The second-order valence-electron chi connectivity index (χ2n) is 2.46. The molecule has 0 amide bonds. The van der Waals surface area contributed by atoms with Gasteiger partial charge in [0.25, 0.3) is 0 Å². The van der Waals surface area contributed by atoms with E-state index in [1.165, 1.54) is 0 Å². The summed E-state index contributed by atoms with van der Waals surface area (Å²) in [6, 6.07) is 7.24.